The molecule has 0 aromatic heterocycles. The molecular weight excluding hydrogens is 244 g/mol. The normalized spacial score (nSPS) is 32.6. The van der Waals surface area contributed by atoms with Crippen molar-refractivity contribution in [1.29, 1.82) is 0 Å². The Bertz CT molecular complexity index is 509. The van der Waals surface area contributed by atoms with Gasteiger partial charge in [0.15, 0.2) is 0 Å². The van der Waals surface area contributed by atoms with Crippen molar-refractivity contribution < 1.29 is 4.79 Å². The summed E-state index contributed by atoms with van der Waals surface area (Å²) in [4.78, 5) is 11.6. The van der Waals surface area contributed by atoms with E-state index in [9.17, 15) is 4.79 Å². The van der Waals surface area contributed by atoms with Crippen LogP contribution in [-0.2, 0) is 4.79 Å². The fourth-order valence-corrected chi connectivity index (χ4v) is 3.45. The Morgan fingerprint density at radius 3 is 2.25 bits per heavy atom. The van der Waals surface area contributed by atoms with E-state index in [2.05, 4.69) is 71.0 Å². The van der Waals surface area contributed by atoms with Gasteiger partial charge in [-0.05, 0) is 36.2 Å². The van der Waals surface area contributed by atoms with E-state index in [1.54, 1.807) is 0 Å². The van der Waals surface area contributed by atoms with Crippen LogP contribution in [0.3, 0.4) is 0 Å². The van der Waals surface area contributed by atoms with Crippen molar-refractivity contribution in [2.75, 3.05) is 0 Å². The van der Waals surface area contributed by atoms with E-state index in [-0.39, 0.29) is 10.8 Å². The molecule has 0 N–H and O–H groups in total. The zero-order valence-corrected chi connectivity index (χ0v) is 13.3. The Balaban J connectivity index is 2.22. The van der Waals surface area contributed by atoms with Crippen molar-refractivity contribution in [3.05, 3.63) is 41.5 Å². The van der Waals surface area contributed by atoms with Crippen LogP contribution in [0.15, 0.2) is 30.3 Å². The summed E-state index contributed by atoms with van der Waals surface area (Å²) in [5.74, 6) is 0.886. The van der Waals surface area contributed by atoms with E-state index < -0.39 is 0 Å². The van der Waals surface area contributed by atoms with Gasteiger partial charge in [-0.2, -0.15) is 0 Å². The fraction of sp³-hybridized carbons (Fsp3) is 0.526. The number of carbonyl (C=O) groups is 1. The average Bonchev–Trinajstić information content (AvgIpc) is 2.59. The second-order valence-corrected chi connectivity index (χ2v) is 7.14. The van der Waals surface area contributed by atoms with Crippen molar-refractivity contribution in [2.45, 2.75) is 41.0 Å². The molecule has 3 atom stereocenters. The molecule has 1 aromatic rings. The Kier molecular flexibility index (Phi) is 3.90. The summed E-state index contributed by atoms with van der Waals surface area (Å²) in [5.41, 5.74) is 2.30. The van der Waals surface area contributed by atoms with Crippen molar-refractivity contribution in [3.8, 4) is 0 Å². The first-order valence-corrected chi connectivity index (χ1v) is 7.52. The lowest BCUT2D eigenvalue weighted by molar-refractivity contribution is -0.122. The Labute approximate surface area is 123 Å². The molecular formula is C19H26O. The summed E-state index contributed by atoms with van der Waals surface area (Å²) < 4.78 is 0. The second kappa shape index (κ2) is 5.20. The molecule has 20 heavy (non-hydrogen) atoms. The standard InChI is InChI=1S/C19H26O/c1-14-6-8-16(9-7-14)10-11-17-12-15(2)19(5,13-20)18(17,3)4/h6-11,13,15,17H,12H2,1-5H3/b11-10+. The van der Waals surface area contributed by atoms with Crippen LogP contribution in [0.5, 0.6) is 0 Å². The average molecular weight is 270 g/mol. The van der Waals surface area contributed by atoms with Crippen LogP contribution in [0.2, 0.25) is 0 Å². The zero-order valence-electron chi connectivity index (χ0n) is 13.3. The number of hydrogen-bond donors (Lipinski definition) is 0. The number of benzene rings is 1. The van der Waals surface area contributed by atoms with Gasteiger partial charge in [0.05, 0.1) is 0 Å². The minimum Gasteiger partial charge on any atom is -0.303 e. The maximum atomic E-state index is 11.6. The topological polar surface area (TPSA) is 17.1 Å². The van der Waals surface area contributed by atoms with Gasteiger partial charge in [-0.3, -0.25) is 0 Å². The molecule has 108 valence electrons. The first-order valence-electron chi connectivity index (χ1n) is 7.52. The van der Waals surface area contributed by atoms with E-state index >= 15 is 0 Å². The van der Waals surface area contributed by atoms with Gasteiger partial charge in [-0.15, -0.1) is 0 Å². The molecule has 0 spiro atoms. The summed E-state index contributed by atoms with van der Waals surface area (Å²) in [6, 6.07) is 8.57. The highest BCUT2D eigenvalue weighted by atomic mass is 16.1. The van der Waals surface area contributed by atoms with E-state index in [0.29, 0.717) is 11.8 Å². The molecule has 0 saturated heterocycles. The number of aryl methyl sites for hydroxylation is 1. The molecule has 3 unspecified atom stereocenters. The lowest BCUT2D eigenvalue weighted by atomic mass is 9.64. The highest BCUT2D eigenvalue weighted by molar-refractivity contribution is 5.62. The predicted octanol–water partition coefficient (Wildman–Crippen LogP) is 4.90. The minimum atomic E-state index is -0.227. The lowest BCUT2D eigenvalue weighted by Gasteiger charge is -2.38. The molecule has 1 aliphatic rings. The molecule has 1 aliphatic carbocycles. The lowest BCUT2D eigenvalue weighted by Crippen LogP contribution is -2.37. The van der Waals surface area contributed by atoms with Crippen LogP contribution in [0.4, 0.5) is 0 Å². The number of aldehydes is 1. The molecule has 0 radical (unpaired) electrons. The van der Waals surface area contributed by atoms with Gasteiger partial charge in [0.2, 0.25) is 0 Å². The van der Waals surface area contributed by atoms with E-state index in [1.807, 2.05) is 0 Å². The molecule has 0 bridgehead atoms. The number of rotatable bonds is 3. The fourth-order valence-electron chi connectivity index (χ4n) is 3.45. The molecule has 1 aromatic carbocycles. The highest BCUT2D eigenvalue weighted by Crippen LogP contribution is 2.58. The molecule has 0 aliphatic heterocycles. The Morgan fingerprint density at radius 1 is 1.15 bits per heavy atom. The van der Waals surface area contributed by atoms with Gasteiger partial charge in [-0.1, -0.05) is 69.7 Å². The van der Waals surface area contributed by atoms with Crippen molar-refractivity contribution in [1.82, 2.24) is 0 Å². The second-order valence-electron chi connectivity index (χ2n) is 7.14. The van der Waals surface area contributed by atoms with E-state index in [4.69, 9.17) is 0 Å². The third-order valence-corrected chi connectivity index (χ3v) is 5.79. The maximum absolute atomic E-state index is 11.6. The third-order valence-electron chi connectivity index (χ3n) is 5.79. The monoisotopic (exact) mass is 270 g/mol. The number of allylic oxidation sites excluding steroid dienone is 1. The highest BCUT2D eigenvalue weighted by Gasteiger charge is 2.54. The van der Waals surface area contributed by atoms with Gasteiger partial charge < -0.3 is 4.79 Å². The van der Waals surface area contributed by atoms with Crippen molar-refractivity contribution in [2.24, 2.45) is 22.7 Å². The summed E-state index contributed by atoms with van der Waals surface area (Å²) in [7, 11) is 0. The first-order chi connectivity index (χ1) is 9.31. The van der Waals surface area contributed by atoms with Gasteiger partial charge in [0.1, 0.15) is 6.29 Å². The molecule has 2 rings (SSSR count). The minimum absolute atomic E-state index is 0.00929. The van der Waals surface area contributed by atoms with Crippen LogP contribution in [0.1, 0.15) is 45.2 Å². The smallest absolute Gasteiger partial charge is 0.126 e. The van der Waals surface area contributed by atoms with E-state index in [0.717, 1.165) is 6.42 Å². The third kappa shape index (κ3) is 2.34. The summed E-state index contributed by atoms with van der Waals surface area (Å²) in [6.07, 6.45) is 6.77. The largest absolute Gasteiger partial charge is 0.303 e. The summed E-state index contributed by atoms with van der Waals surface area (Å²) >= 11 is 0. The van der Waals surface area contributed by atoms with Gasteiger partial charge >= 0.3 is 0 Å². The van der Waals surface area contributed by atoms with Gasteiger partial charge in [-0.25, -0.2) is 0 Å². The zero-order chi connectivity index (χ0) is 15.0. The number of hydrogen-bond acceptors (Lipinski definition) is 1. The van der Waals surface area contributed by atoms with Crippen LogP contribution >= 0.6 is 0 Å². The molecule has 0 amide bonds. The van der Waals surface area contributed by atoms with Crippen molar-refractivity contribution >= 4 is 12.4 Å². The quantitative estimate of drug-likeness (QED) is 0.714. The van der Waals surface area contributed by atoms with E-state index in [1.165, 1.54) is 17.4 Å². The Morgan fingerprint density at radius 2 is 1.75 bits per heavy atom. The van der Waals surface area contributed by atoms with Crippen LogP contribution in [0, 0.1) is 29.6 Å². The molecule has 0 heterocycles. The Hall–Kier alpha value is -1.37. The molecule has 1 fully saturated rings. The van der Waals surface area contributed by atoms with Gasteiger partial charge in [0.25, 0.3) is 0 Å². The van der Waals surface area contributed by atoms with Crippen LogP contribution in [0.25, 0.3) is 6.08 Å². The first kappa shape index (κ1) is 15.0. The summed E-state index contributed by atoms with van der Waals surface area (Å²) in [6.45, 7) is 10.9. The molecule has 1 nitrogen and oxygen atoms in total. The van der Waals surface area contributed by atoms with Crippen LogP contribution in [-0.4, -0.2) is 6.29 Å². The van der Waals surface area contributed by atoms with Crippen LogP contribution < -0.4 is 0 Å². The van der Waals surface area contributed by atoms with Gasteiger partial charge in [0, 0.05) is 5.41 Å². The SMILES string of the molecule is Cc1ccc(/C=C/C2CC(C)C(C)(C=O)C2(C)C)cc1. The molecule has 1 heteroatoms. The predicted molar refractivity (Wildman–Crippen MR) is 85.4 cm³/mol. The van der Waals surface area contributed by atoms with Crippen molar-refractivity contribution in [3.63, 3.8) is 0 Å². The molecule has 1 saturated carbocycles. The summed E-state index contributed by atoms with van der Waals surface area (Å²) in [5, 5.41) is 0. The maximum Gasteiger partial charge on any atom is 0.126 e. The number of carbonyl (C=O) groups excluding carboxylic acids is 1.